The van der Waals surface area contributed by atoms with E-state index in [9.17, 15) is 5.11 Å². The lowest BCUT2D eigenvalue weighted by molar-refractivity contribution is 0.0402. The first-order chi connectivity index (χ1) is 6.62. The van der Waals surface area contributed by atoms with E-state index in [1.54, 1.807) is 0 Å². The van der Waals surface area contributed by atoms with Crippen LogP contribution >= 0.6 is 0 Å². The minimum Gasteiger partial charge on any atom is -0.385 e. The van der Waals surface area contributed by atoms with Gasteiger partial charge in [0.1, 0.15) is 0 Å². The number of hydrogen-bond donors (Lipinski definition) is 1. The van der Waals surface area contributed by atoms with Crippen molar-refractivity contribution in [2.45, 2.75) is 38.7 Å². The predicted octanol–water partition coefficient (Wildman–Crippen LogP) is 3.00. The monoisotopic (exact) mass is 190 g/mol. The van der Waals surface area contributed by atoms with Crippen molar-refractivity contribution in [3.8, 4) is 0 Å². The van der Waals surface area contributed by atoms with Gasteiger partial charge in [0.15, 0.2) is 0 Å². The van der Waals surface area contributed by atoms with E-state index in [0.29, 0.717) is 5.92 Å². The molecule has 0 aromatic heterocycles. The van der Waals surface area contributed by atoms with Gasteiger partial charge < -0.3 is 5.11 Å². The zero-order valence-corrected chi connectivity index (χ0v) is 8.96. The SMILES string of the molecule is Cc1ccccc1[C@]1(O)CC[C@@H](C)C1. The predicted molar refractivity (Wildman–Crippen MR) is 58.1 cm³/mol. The van der Waals surface area contributed by atoms with Crippen LogP contribution in [0.3, 0.4) is 0 Å². The molecule has 2 rings (SSSR count). The smallest absolute Gasteiger partial charge is 0.0901 e. The summed E-state index contributed by atoms with van der Waals surface area (Å²) in [5.41, 5.74) is 1.79. The second-order valence-electron chi connectivity index (χ2n) is 4.69. The molecule has 2 atom stereocenters. The van der Waals surface area contributed by atoms with Crippen LogP contribution < -0.4 is 0 Å². The molecule has 1 fully saturated rings. The minimum atomic E-state index is -0.551. The average Bonchev–Trinajstić information content (AvgIpc) is 2.48. The summed E-state index contributed by atoms with van der Waals surface area (Å²) in [5, 5.41) is 10.5. The molecule has 1 aliphatic carbocycles. The van der Waals surface area contributed by atoms with Crippen molar-refractivity contribution >= 4 is 0 Å². The summed E-state index contributed by atoms with van der Waals surface area (Å²) < 4.78 is 0. The molecule has 1 heteroatoms. The Labute approximate surface area is 85.8 Å². The van der Waals surface area contributed by atoms with Gasteiger partial charge in [-0.25, -0.2) is 0 Å². The van der Waals surface area contributed by atoms with Crippen molar-refractivity contribution in [2.75, 3.05) is 0 Å². The lowest BCUT2D eigenvalue weighted by Crippen LogP contribution is -2.22. The topological polar surface area (TPSA) is 20.2 Å². The molecule has 0 aliphatic heterocycles. The van der Waals surface area contributed by atoms with Crippen LogP contribution in [-0.4, -0.2) is 5.11 Å². The van der Waals surface area contributed by atoms with Gasteiger partial charge in [-0.15, -0.1) is 0 Å². The van der Waals surface area contributed by atoms with Gasteiger partial charge >= 0.3 is 0 Å². The maximum absolute atomic E-state index is 10.5. The molecule has 0 radical (unpaired) electrons. The molecule has 1 N–H and O–H groups in total. The van der Waals surface area contributed by atoms with Gasteiger partial charge in [-0.3, -0.25) is 0 Å². The molecule has 1 nitrogen and oxygen atoms in total. The van der Waals surface area contributed by atoms with Crippen LogP contribution in [-0.2, 0) is 5.60 Å². The lowest BCUT2D eigenvalue weighted by Gasteiger charge is -2.25. The molecule has 1 aromatic carbocycles. The second kappa shape index (κ2) is 3.39. The van der Waals surface area contributed by atoms with Crippen LogP contribution in [0, 0.1) is 12.8 Å². The van der Waals surface area contributed by atoms with Crippen molar-refractivity contribution in [1.29, 1.82) is 0 Å². The van der Waals surface area contributed by atoms with Crippen LogP contribution in [0.1, 0.15) is 37.3 Å². The number of benzene rings is 1. The molecule has 0 heterocycles. The van der Waals surface area contributed by atoms with E-state index in [2.05, 4.69) is 26.0 Å². The van der Waals surface area contributed by atoms with Crippen LogP contribution in [0.2, 0.25) is 0 Å². The van der Waals surface area contributed by atoms with Gasteiger partial charge in [-0.05, 0) is 43.2 Å². The van der Waals surface area contributed by atoms with E-state index >= 15 is 0 Å². The van der Waals surface area contributed by atoms with Crippen LogP contribution in [0.4, 0.5) is 0 Å². The normalized spacial score (nSPS) is 32.1. The molecule has 1 saturated carbocycles. The number of hydrogen-bond acceptors (Lipinski definition) is 1. The zero-order chi connectivity index (χ0) is 10.2. The van der Waals surface area contributed by atoms with Gasteiger partial charge in [0.2, 0.25) is 0 Å². The summed E-state index contributed by atoms with van der Waals surface area (Å²) in [6.07, 6.45) is 2.97. The molecule has 0 amide bonds. The Balaban J connectivity index is 2.35. The fourth-order valence-electron chi connectivity index (χ4n) is 2.61. The van der Waals surface area contributed by atoms with Crippen LogP contribution in [0.15, 0.2) is 24.3 Å². The first-order valence-electron chi connectivity index (χ1n) is 5.40. The molecule has 1 aliphatic rings. The zero-order valence-electron chi connectivity index (χ0n) is 8.96. The Morgan fingerprint density at radius 1 is 1.36 bits per heavy atom. The van der Waals surface area contributed by atoms with Gasteiger partial charge in [0.05, 0.1) is 5.60 Å². The lowest BCUT2D eigenvalue weighted by atomic mass is 9.88. The molecule has 0 unspecified atom stereocenters. The summed E-state index contributed by atoms with van der Waals surface area (Å²) in [7, 11) is 0. The van der Waals surface area contributed by atoms with Crippen molar-refractivity contribution < 1.29 is 5.11 Å². The highest BCUT2D eigenvalue weighted by molar-refractivity contribution is 5.32. The fourth-order valence-corrected chi connectivity index (χ4v) is 2.61. The van der Waals surface area contributed by atoms with Crippen molar-refractivity contribution in [3.63, 3.8) is 0 Å². The third kappa shape index (κ3) is 1.57. The third-order valence-corrected chi connectivity index (χ3v) is 3.38. The summed E-state index contributed by atoms with van der Waals surface area (Å²) in [6.45, 7) is 4.30. The summed E-state index contributed by atoms with van der Waals surface area (Å²) in [5.74, 6) is 0.652. The summed E-state index contributed by atoms with van der Waals surface area (Å²) in [6, 6.07) is 8.19. The first kappa shape index (κ1) is 9.72. The van der Waals surface area contributed by atoms with Crippen LogP contribution in [0.25, 0.3) is 0 Å². The highest BCUT2D eigenvalue weighted by Gasteiger charge is 2.37. The fraction of sp³-hybridized carbons (Fsp3) is 0.538. The van der Waals surface area contributed by atoms with E-state index in [1.807, 2.05) is 12.1 Å². The standard InChI is InChI=1S/C13H18O/c1-10-7-8-13(14,9-10)12-6-4-3-5-11(12)2/h3-6,10,14H,7-9H2,1-2H3/t10-,13+/m1/s1. The minimum absolute atomic E-state index is 0.551. The quantitative estimate of drug-likeness (QED) is 0.721. The highest BCUT2D eigenvalue weighted by atomic mass is 16.3. The Hall–Kier alpha value is -0.820. The summed E-state index contributed by atoms with van der Waals surface area (Å²) >= 11 is 0. The van der Waals surface area contributed by atoms with Gasteiger partial charge in [0.25, 0.3) is 0 Å². The van der Waals surface area contributed by atoms with Gasteiger partial charge in [0, 0.05) is 0 Å². The van der Waals surface area contributed by atoms with E-state index in [-0.39, 0.29) is 0 Å². The van der Waals surface area contributed by atoms with E-state index < -0.39 is 5.60 Å². The maximum Gasteiger partial charge on any atom is 0.0901 e. The molecular formula is C13H18O. The Bertz CT molecular complexity index is 332. The van der Waals surface area contributed by atoms with Crippen molar-refractivity contribution in [1.82, 2.24) is 0 Å². The third-order valence-electron chi connectivity index (χ3n) is 3.38. The molecule has 0 spiro atoms. The highest BCUT2D eigenvalue weighted by Crippen LogP contribution is 2.42. The molecule has 76 valence electrons. The van der Waals surface area contributed by atoms with E-state index in [4.69, 9.17) is 0 Å². The average molecular weight is 190 g/mol. The van der Waals surface area contributed by atoms with E-state index in [0.717, 1.165) is 24.8 Å². The summed E-state index contributed by atoms with van der Waals surface area (Å²) in [4.78, 5) is 0. The Morgan fingerprint density at radius 3 is 2.64 bits per heavy atom. The van der Waals surface area contributed by atoms with Gasteiger partial charge in [-0.1, -0.05) is 31.2 Å². The maximum atomic E-state index is 10.5. The molecule has 0 bridgehead atoms. The largest absolute Gasteiger partial charge is 0.385 e. The van der Waals surface area contributed by atoms with Crippen molar-refractivity contribution in [2.24, 2.45) is 5.92 Å². The second-order valence-corrected chi connectivity index (χ2v) is 4.69. The number of rotatable bonds is 1. The van der Waals surface area contributed by atoms with Crippen molar-refractivity contribution in [3.05, 3.63) is 35.4 Å². The number of aryl methyl sites for hydroxylation is 1. The van der Waals surface area contributed by atoms with E-state index in [1.165, 1.54) is 5.56 Å². The van der Waals surface area contributed by atoms with Gasteiger partial charge in [-0.2, -0.15) is 0 Å². The Morgan fingerprint density at radius 2 is 2.07 bits per heavy atom. The number of aliphatic hydroxyl groups is 1. The molecule has 14 heavy (non-hydrogen) atoms. The molecule has 0 saturated heterocycles. The Kier molecular flexibility index (Phi) is 2.36. The molecular weight excluding hydrogens is 172 g/mol. The van der Waals surface area contributed by atoms with Crippen LogP contribution in [0.5, 0.6) is 0 Å². The molecule has 1 aromatic rings. The first-order valence-corrected chi connectivity index (χ1v) is 5.40.